The van der Waals surface area contributed by atoms with E-state index in [9.17, 15) is 58.2 Å². The number of H-pyrrole nitrogens is 2. The molecule has 0 spiro atoms. The van der Waals surface area contributed by atoms with Crippen LogP contribution in [0.3, 0.4) is 0 Å². The molecule has 6 aromatic rings. The number of para-hydroxylation sites is 2. The molecule has 12 N–H and O–H groups in total. The number of carbonyl (C=O) groups is 10. The lowest BCUT2D eigenvalue weighted by Gasteiger charge is -2.26. The summed E-state index contributed by atoms with van der Waals surface area (Å²) in [5, 5.41) is 42.0. The van der Waals surface area contributed by atoms with Crippen LogP contribution in [0.25, 0.3) is 44.3 Å². The van der Waals surface area contributed by atoms with Crippen LogP contribution in [-0.4, -0.2) is 128 Å². The summed E-state index contributed by atoms with van der Waals surface area (Å²) in [5.74, 6) is -8.36. The number of carboxylic acid groups (broad SMARTS) is 2. The van der Waals surface area contributed by atoms with Gasteiger partial charge in [0.05, 0.1) is 0 Å². The molecular formula is C56H62N10O12. The van der Waals surface area contributed by atoms with Crippen LogP contribution < -0.4 is 42.5 Å². The number of hydrogen-bond acceptors (Lipinski definition) is 10. The van der Waals surface area contributed by atoms with E-state index in [4.69, 9.17) is 0 Å². The van der Waals surface area contributed by atoms with Gasteiger partial charge in [-0.15, -0.1) is 0 Å². The summed E-state index contributed by atoms with van der Waals surface area (Å²) in [5.41, 5.74) is 5.61. The van der Waals surface area contributed by atoms with Crippen LogP contribution in [-0.2, 0) is 73.6 Å². The quantitative estimate of drug-likeness (QED) is 0.0838. The van der Waals surface area contributed by atoms with Gasteiger partial charge in [0, 0.05) is 72.7 Å². The maximum absolute atomic E-state index is 14.7. The molecule has 8 amide bonds. The second-order valence-corrected chi connectivity index (χ2v) is 19.5. The molecule has 10 rings (SSSR count). The molecule has 78 heavy (non-hydrogen) atoms. The van der Waals surface area contributed by atoms with Crippen molar-refractivity contribution < 1.29 is 58.2 Å². The molecule has 0 saturated carbocycles. The fraction of sp³-hybridized carbons (Fsp3) is 0.321. The molecule has 0 fully saturated rings. The topological polar surface area (TPSA) is 339 Å². The van der Waals surface area contributed by atoms with Crippen molar-refractivity contribution in [1.29, 1.82) is 0 Å². The lowest BCUT2D eigenvalue weighted by atomic mass is 9.95. The van der Waals surface area contributed by atoms with Crippen molar-refractivity contribution >= 4 is 81.0 Å². The summed E-state index contributed by atoms with van der Waals surface area (Å²) < 4.78 is 0. The second kappa shape index (κ2) is 24.6. The number of rotatable bonds is 12. The minimum atomic E-state index is -1.43. The highest BCUT2D eigenvalue weighted by Gasteiger charge is 2.34. The Balaban J connectivity index is 1.40. The molecule has 0 radical (unpaired) electrons. The van der Waals surface area contributed by atoms with E-state index in [0.29, 0.717) is 66.6 Å². The zero-order valence-electron chi connectivity index (χ0n) is 43.7. The van der Waals surface area contributed by atoms with Crippen LogP contribution in [0.2, 0.25) is 0 Å². The van der Waals surface area contributed by atoms with E-state index in [1.165, 1.54) is 41.5 Å². The Labute approximate surface area is 447 Å². The molecule has 4 aliphatic heterocycles. The molecule has 8 unspecified atom stereocenters. The maximum Gasteiger partial charge on any atom is 0.325 e. The standard InChI is InChI=1S/C56H62N10O12/c1-27(57-31(5)67)49(69)63-43-23-33-15-19-35(20-16-33)47-40(38-12-8-10-14-42(38)61-47)26-46(52(72)60-30(4)56(77)78)66-54(74)44(64-50(70)28(2)58-32(6)68)24-34-17-21-36(22-18-34)48-39(37-11-7-9-13-41(37)62-48)25-45(65-53(43)73)51(71)59-29(3)55(75)76/h7-22,27-30,43-46,61-62H,23-26H2,1-6H3,(H,57,67)(H,58,68)(H,59,71)(H,60,72)(H,63,69)(H,64,70)(H,65,73)(H,66,74)(H,75,76)(H,77,78). The van der Waals surface area contributed by atoms with Gasteiger partial charge in [-0.05, 0) is 73.2 Å². The van der Waals surface area contributed by atoms with E-state index in [1.807, 2.05) is 24.3 Å². The van der Waals surface area contributed by atoms with Crippen molar-refractivity contribution in [3.63, 3.8) is 0 Å². The molecule has 2 aromatic heterocycles. The van der Waals surface area contributed by atoms with Crippen LogP contribution >= 0.6 is 0 Å². The number of carbonyl (C=O) groups excluding carboxylic acids is 8. The lowest BCUT2D eigenvalue weighted by Crippen LogP contribution is -2.58. The number of nitrogens with one attached hydrogen (secondary N) is 10. The number of amides is 8. The Morgan fingerprint density at radius 1 is 0.474 bits per heavy atom. The van der Waals surface area contributed by atoms with E-state index < -0.39 is 108 Å². The zero-order chi connectivity index (χ0) is 56.5. The SMILES string of the molecule is CC(=O)NC(C)C(=O)NC1Cc2ccc(cc2)-c2[nH]c3ccccc3c2CC(C(=O)NC(C)C(=O)O)NC(=O)C(NC(=O)C(C)NC(C)=O)Cc2ccc(cc2)-c2[nH]c3ccccc3c2CC(C(=O)NC(C)C(=O)O)NC1=O. The first-order chi connectivity index (χ1) is 37.1. The Morgan fingerprint density at radius 2 is 0.821 bits per heavy atom. The molecular weight excluding hydrogens is 1000 g/mol. The highest BCUT2D eigenvalue weighted by Crippen LogP contribution is 2.34. The Kier molecular flexibility index (Phi) is 17.7. The first-order valence-corrected chi connectivity index (χ1v) is 25.3. The summed E-state index contributed by atoms with van der Waals surface area (Å²) in [7, 11) is 0. The van der Waals surface area contributed by atoms with E-state index in [-0.39, 0.29) is 25.7 Å². The number of fused-ring (bicyclic) bond motifs is 2. The summed E-state index contributed by atoms with van der Waals surface area (Å²) in [6, 6.07) is 17.6. The molecule has 0 aliphatic carbocycles. The maximum atomic E-state index is 14.7. The Hall–Kier alpha value is -9.34. The molecule has 408 valence electrons. The molecule has 22 heteroatoms. The monoisotopic (exact) mass is 1070 g/mol. The fourth-order valence-corrected chi connectivity index (χ4v) is 9.28. The largest absolute Gasteiger partial charge is 0.480 e. The van der Waals surface area contributed by atoms with Gasteiger partial charge in [0.25, 0.3) is 0 Å². The Bertz CT molecular complexity index is 3080. The number of hydrogen-bond donors (Lipinski definition) is 12. The van der Waals surface area contributed by atoms with Crippen LogP contribution in [0.4, 0.5) is 0 Å². The zero-order valence-corrected chi connectivity index (χ0v) is 43.7. The van der Waals surface area contributed by atoms with Crippen LogP contribution in [0.15, 0.2) is 97.1 Å². The van der Waals surface area contributed by atoms with Crippen molar-refractivity contribution in [3.05, 3.63) is 119 Å². The van der Waals surface area contributed by atoms with Crippen molar-refractivity contribution in [2.45, 2.75) is 116 Å². The third kappa shape index (κ3) is 13.7. The van der Waals surface area contributed by atoms with Crippen LogP contribution in [0.1, 0.15) is 63.8 Å². The van der Waals surface area contributed by atoms with E-state index in [1.54, 1.807) is 72.8 Å². The van der Waals surface area contributed by atoms with Crippen molar-refractivity contribution in [1.82, 2.24) is 52.5 Å². The lowest BCUT2D eigenvalue weighted by molar-refractivity contribution is -0.142. The van der Waals surface area contributed by atoms with Crippen molar-refractivity contribution in [2.75, 3.05) is 0 Å². The molecule has 4 aliphatic rings. The third-order valence-electron chi connectivity index (χ3n) is 13.4. The average Bonchev–Trinajstić information content (AvgIpc) is 4.04. The number of carboxylic acids is 2. The highest BCUT2D eigenvalue weighted by atomic mass is 16.4. The number of aromatic nitrogens is 2. The summed E-state index contributed by atoms with van der Waals surface area (Å²) in [6.45, 7) is 7.90. The molecule has 4 aromatic carbocycles. The summed E-state index contributed by atoms with van der Waals surface area (Å²) in [4.78, 5) is 140. The summed E-state index contributed by atoms with van der Waals surface area (Å²) in [6.07, 6.45) is -0.690. The minimum absolute atomic E-state index is 0.147. The van der Waals surface area contributed by atoms with Gasteiger partial charge in [0.1, 0.15) is 48.3 Å². The van der Waals surface area contributed by atoms with Crippen molar-refractivity contribution in [3.8, 4) is 22.5 Å². The second-order valence-electron chi connectivity index (χ2n) is 19.5. The van der Waals surface area contributed by atoms with Crippen LogP contribution in [0.5, 0.6) is 0 Å². The van der Waals surface area contributed by atoms with Gasteiger partial charge in [0.15, 0.2) is 0 Å². The average molecular weight is 1070 g/mol. The predicted molar refractivity (Wildman–Crippen MR) is 287 cm³/mol. The third-order valence-corrected chi connectivity index (χ3v) is 13.4. The van der Waals surface area contributed by atoms with Gasteiger partial charge in [-0.25, -0.2) is 0 Å². The van der Waals surface area contributed by atoms with Gasteiger partial charge in [-0.3, -0.25) is 47.9 Å². The van der Waals surface area contributed by atoms with E-state index in [2.05, 4.69) is 52.5 Å². The van der Waals surface area contributed by atoms with Crippen molar-refractivity contribution in [2.24, 2.45) is 0 Å². The normalized spacial score (nSPS) is 18.5. The number of benzene rings is 4. The van der Waals surface area contributed by atoms with Gasteiger partial charge in [0.2, 0.25) is 47.3 Å². The van der Waals surface area contributed by atoms with Crippen LogP contribution in [0, 0.1) is 0 Å². The molecule has 8 atom stereocenters. The molecule has 6 heterocycles. The van der Waals surface area contributed by atoms with Gasteiger partial charge < -0.3 is 62.7 Å². The minimum Gasteiger partial charge on any atom is -0.480 e. The molecule has 4 bridgehead atoms. The first-order valence-electron chi connectivity index (χ1n) is 25.3. The summed E-state index contributed by atoms with van der Waals surface area (Å²) >= 11 is 0. The number of aromatic amines is 2. The predicted octanol–water partition coefficient (Wildman–Crippen LogP) is 2.03. The first kappa shape index (κ1) is 56.4. The van der Waals surface area contributed by atoms with E-state index in [0.717, 1.165) is 0 Å². The molecule has 22 nitrogen and oxygen atoms in total. The van der Waals surface area contributed by atoms with E-state index >= 15 is 0 Å². The highest BCUT2D eigenvalue weighted by molar-refractivity contribution is 5.99. The fourth-order valence-electron chi connectivity index (χ4n) is 9.28. The Morgan fingerprint density at radius 3 is 1.15 bits per heavy atom. The molecule has 0 saturated heterocycles. The van der Waals surface area contributed by atoms with Gasteiger partial charge in [-0.1, -0.05) is 84.9 Å². The van der Waals surface area contributed by atoms with Gasteiger partial charge in [-0.2, -0.15) is 0 Å². The number of aliphatic carboxylic acids is 2. The van der Waals surface area contributed by atoms with Gasteiger partial charge >= 0.3 is 11.9 Å². The smallest absolute Gasteiger partial charge is 0.325 e.